The zero-order chi connectivity index (χ0) is 17.1. The van der Waals surface area contributed by atoms with Crippen LogP contribution < -0.4 is 20.1 Å². The fraction of sp³-hybridized carbons (Fsp3) is 0.350. The summed E-state index contributed by atoms with van der Waals surface area (Å²) in [5.74, 6) is 2.01. The summed E-state index contributed by atoms with van der Waals surface area (Å²) in [6.07, 6.45) is 2.14. The fourth-order valence-corrected chi connectivity index (χ4v) is 3.13. The highest BCUT2D eigenvalue weighted by Crippen LogP contribution is 2.40. The van der Waals surface area contributed by atoms with Crippen molar-refractivity contribution in [3.8, 4) is 11.5 Å². The monoisotopic (exact) mass is 338 g/mol. The smallest absolute Gasteiger partial charge is 0.315 e. The largest absolute Gasteiger partial charge is 0.486 e. The molecule has 2 unspecified atom stereocenters. The Morgan fingerprint density at radius 3 is 2.52 bits per heavy atom. The summed E-state index contributed by atoms with van der Waals surface area (Å²) in [7, 11) is 0. The van der Waals surface area contributed by atoms with Crippen molar-refractivity contribution in [3.63, 3.8) is 0 Å². The van der Waals surface area contributed by atoms with Gasteiger partial charge in [0, 0.05) is 0 Å². The lowest BCUT2D eigenvalue weighted by Crippen LogP contribution is -2.45. The van der Waals surface area contributed by atoms with E-state index in [1.165, 1.54) is 0 Å². The second-order valence-corrected chi connectivity index (χ2v) is 6.58. The Morgan fingerprint density at radius 1 is 1.04 bits per heavy atom. The summed E-state index contributed by atoms with van der Waals surface area (Å²) in [5, 5.41) is 6.02. The second kappa shape index (κ2) is 7.05. The Balaban J connectivity index is 1.30. The number of ether oxygens (including phenoxy) is 2. The van der Waals surface area contributed by atoms with E-state index in [1.807, 2.05) is 42.5 Å². The number of nitrogens with one attached hydrogen (secondary N) is 2. The molecule has 0 bridgehead atoms. The molecule has 0 radical (unpaired) electrons. The van der Waals surface area contributed by atoms with Crippen LogP contribution in [-0.2, 0) is 0 Å². The second-order valence-electron chi connectivity index (χ2n) is 6.58. The number of urea groups is 1. The van der Waals surface area contributed by atoms with Crippen molar-refractivity contribution in [1.29, 1.82) is 0 Å². The van der Waals surface area contributed by atoms with E-state index in [4.69, 9.17) is 9.47 Å². The van der Waals surface area contributed by atoms with Gasteiger partial charge in [0.1, 0.15) is 6.61 Å². The third-order valence-electron chi connectivity index (χ3n) is 4.60. The lowest BCUT2D eigenvalue weighted by atomic mass is 10.0. The topological polar surface area (TPSA) is 59.6 Å². The predicted molar refractivity (Wildman–Crippen MR) is 94.8 cm³/mol. The molecule has 5 nitrogen and oxygen atoms in total. The molecule has 2 aliphatic rings. The van der Waals surface area contributed by atoms with E-state index in [9.17, 15) is 4.79 Å². The first-order valence-corrected chi connectivity index (χ1v) is 8.77. The Labute approximate surface area is 147 Å². The first-order valence-electron chi connectivity index (χ1n) is 8.77. The summed E-state index contributed by atoms with van der Waals surface area (Å²) in [4.78, 5) is 12.3. The Morgan fingerprint density at radius 2 is 1.76 bits per heavy atom. The van der Waals surface area contributed by atoms with Gasteiger partial charge in [-0.15, -0.1) is 0 Å². The zero-order valence-corrected chi connectivity index (χ0v) is 14.0. The van der Waals surface area contributed by atoms with Crippen LogP contribution >= 0.6 is 0 Å². The molecule has 4 rings (SSSR count). The summed E-state index contributed by atoms with van der Waals surface area (Å²) in [6.45, 7) is 0.842. The average molecular weight is 338 g/mol. The minimum absolute atomic E-state index is 0.0745. The highest BCUT2D eigenvalue weighted by Gasteiger charge is 2.33. The lowest BCUT2D eigenvalue weighted by molar-refractivity contribution is 0.0916. The molecule has 2 amide bonds. The van der Waals surface area contributed by atoms with Crippen LogP contribution in [0.25, 0.3) is 0 Å². The summed E-state index contributed by atoms with van der Waals surface area (Å²) in [5.41, 5.74) is 1.16. The number of hydrogen-bond acceptors (Lipinski definition) is 3. The van der Waals surface area contributed by atoms with E-state index in [0.29, 0.717) is 19.1 Å². The number of carbonyl (C=O) groups excluding carboxylic acids is 1. The van der Waals surface area contributed by atoms with Crippen LogP contribution in [-0.4, -0.2) is 25.3 Å². The molecule has 2 atom stereocenters. The molecule has 0 spiro atoms. The predicted octanol–water partition coefficient (Wildman–Crippen LogP) is 3.28. The van der Waals surface area contributed by atoms with Gasteiger partial charge in [-0.25, -0.2) is 4.79 Å². The molecule has 130 valence electrons. The van der Waals surface area contributed by atoms with Gasteiger partial charge < -0.3 is 20.1 Å². The number of hydrogen-bond donors (Lipinski definition) is 2. The number of fused-ring (bicyclic) bond motifs is 1. The Bertz CT molecular complexity index is 731. The van der Waals surface area contributed by atoms with Gasteiger partial charge in [-0.1, -0.05) is 42.5 Å². The number of rotatable bonds is 5. The molecule has 0 aromatic heterocycles. The fourth-order valence-electron chi connectivity index (χ4n) is 3.13. The van der Waals surface area contributed by atoms with Crippen LogP contribution in [0.15, 0.2) is 54.6 Å². The Hall–Kier alpha value is -2.69. The quantitative estimate of drug-likeness (QED) is 0.879. The van der Waals surface area contributed by atoms with E-state index in [2.05, 4.69) is 22.8 Å². The molecule has 1 saturated carbocycles. The number of amides is 2. The van der Waals surface area contributed by atoms with E-state index >= 15 is 0 Å². The van der Waals surface area contributed by atoms with Crippen molar-refractivity contribution in [2.45, 2.75) is 25.0 Å². The maximum atomic E-state index is 12.3. The van der Waals surface area contributed by atoms with Gasteiger partial charge in [0.2, 0.25) is 0 Å². The summed E-state index contributed by atoms with van der Waals surface area (Å²) in [6, 6.07) is 17.6. The Kier molecular flexibility index (Phi) is 4.46. The van der Waals surface area contributed by atoms with E-state index in [1.54, 1.807) is 0 Å². The molecule has 2 aromatic rings. The highest BCUT2D eigenvalue weighted by atomic mass is 16.6. The van der Waals surface area contributed by atoms with Crippen molar-refractivity contribution < 1.29 is 14.3 Å². The van der Waals surface area contributed by atoms with Crippen LogP contribution in [0.3, 0.4) is 0 Å². The minimum Gasteiger partial charge on any atom is -0.486 e. The van der Waals surface area contributed by atoms with Crippen molar-refractivity contribution in [1.82, 2.24) is 10.6 Å². The van der Waals surface area contributed by atoms with Crippen LogP contribution in [0.1, 0.15) is 24.4 Å². The molecule has 2 aromatic carbocycles. The van der Waals surface area contributed by atoms with E-state index < -0.39 is 0 Å². The highest BCUT2D eigenvalue weighted by molar-refractivity contribution is 5.74. The van der Waals surface area contributed by atoms with E-state index in [-0.39, 0.29) is 18.2 Å². The van der Waals surface area contributed by atoms with Gasteiger partial charge in [-0.3, -0.25) is 0 Å². The molecule has 1 heterocycles. The number of carbonyl (C=O) groups is 1. The van der Waals surface area contributed by atoms with Gasteiger partial charge in [0.15, 0.2) is 17.6 Å². The number of para-hydroxylation sites is 2. The van der Waals surface area contributed by atoms with Crippen molar-refractivity contribution >= 4 is 6.03 Å². The van der Waals surface area contributed by atoms with Gasteiger partial charge in [0.25, 0.3) is 0 Å². The van der Waals surface area contributed by atoms with Gasteiger partial charge >= 0.3 is 6.03 Å². The van der Waals surface area contributed by atoms with Gasteiger partial charge in [-0.2, -0.15) is 0 Å². The van der Waals surface area contributed by atoms with Gasteiger partial charge in [0.05, 0.1) is 12.6 Å². The molecule has 2 N–H and O–H groups in total. The minimum atomic E-state index is -0.184. The average Bonchev–Trinajstić information content (AvgIpc) is 3.50. The van der Waals surface area contributed by atoms with Crippen molar-refractivity contribution in [2.24, 2.45) is 5.92 Å². The molecule has 5 heteroatoms. The van der Waals surface area contributed by atoms with Crippen LogP contribution in [0.5, 0.6) is 11.5 Å². The van der Waals surface area contributed by atoms with Crippen molar-refractivity contribution in [2.75, 3.05) is 13.2 Å². The maximum Gasteiger partial charge on any atom is 0.315 e. The van der Waals surface area contributed by atoms with E-state index in [0.717, 1.165) is 29.9 Å². The molecule has 1 aliphatic carbocycles. The van der Waals surface area contributed by atoms with Crippen LogP contribution in [0.2, 0.25) is 0 Å². The SMILES string of the molecule is O=C(NCC1COc2ccccc2O1)NC(c1ccccc1)C1CC1. The normalized spacial score (nSPS) is 19.8. The zero-order valence-electron chi connectivity index (χ0n) is 14.0. The van der Waals surface area contributed by atoms with Gasteiger partial charge in [-0.05, 0) is 36.5 Å². The summed E-state index contributed by atoms with van der Waals surface area (Å²) >= 11 is 0. The maximum absolute atomic E-state index is 12.3. The lowest BCUT2D eigenvalue weighted by Gasteiger charge is -2.27. The molecular formula is C20H22N2O3. The molecule has 25 heavy (non-hydrogen) atoms. The molecule has 1 fully saturated rings. The number of benzene rings is 2. The third-order valence-corrected chi connectivity index (χ3v) is 4.60. The standard InChI is InChI=1S/C20H22N2O3/c23-20(22-19(15-10-11-15)14-6-2-1-3-7-14)21-12-16-13-24-17-8-4-5-9-18(17)25-16/h1-9,15-16,19H,10-13H2,(H2,21,22,23). The van der Waals surface area contributed by atoms with Crippen LogP contribution in [0, 0.1) is 5.92 Å². The first kappa shape index (κ1) is 15.8. The first-order chi connectivity index (χ1) is 12.3. The summed E-state index contributed by atoms with van der Waals surface area (Å²) < 4.78 is 11.5. The molecule has 0 saturated heterocycles. The third kappa shape index (κ3) is 3.87. The molecular weight excluding hydrogens is 316 g/mol. The molecule has 1 aliphatic heterocycles. The van der Waals surface area contributed by atoms with Crippen molar-refractivity contribution in [3.05, 3.63) is 60.2 Å². The van der Waals surface area contributed by atoms with Crippen LogP contribution in [0.4, 0.5) is 4.79 Å².